The zero-order chi connectivity index (χ0) is 19.2. The van der Waals surface area contributed by atoms with E-state index in [1.54, 1.807) is 0 Å². The van der Waals surface area contributed by atoms with Crippen LogP contribution in [0, 0.1) is 0 Å². The van der Waals surface area contributed by atoms with E-state index in [1.165, 1.54) is 64.2 Å². The minimum atomic E-state index is -1.19. The maximum absolute atomic E-state index is 12.0. The Labute approximate surface area is 186 Å². The molecule has 0 bridgehead atoms. The molecule has 5 nitrogen and oxygen atoms in total. The minimum absolute atomic E-state index is 0. The SMILES string of the molecule is CCCCCCCCCCCCCCCC(=O)C1=C([O-])OC(CO)C1=O.[Na+]. The van der Waals surface area contributed by atoms with Gasteiger partial charge in [0.1, 0.15) is 0 Å². The number of carbonyl (C=O) groups excluding carboxylic acids is 2. The van der Waals surface area contributed by atoms with E-state index in [0.717, 1.165) is 12.8 Å². The number of Topliss-reactive ketones (excluding diaryl/α,β-unsaturated/α-hetero) is 2. The Bertz CT molecular complexity index is 461. The number of ether oxygens (including phenoxy) is 1. The molecule has 0 aromatic carbocycles. The van der Waals surface area contributed by atoms with Gasteiger partial charge in [0, 0.05) is 6.42 Å². The van der Waals surface area contributed by atoms with Gasteiger partial charge in [-0.3, -0.25) is 9.59 Å². The van der Waals surface area contributed by atoms with Crippen LogP contribution in [0.1, 0.15) is 96.8 Å². The molecule has 1 rings (SSSR count). The van der Waals surface area contributed by atoms with E-state index >= 15 is 0 Å². The smallest absolute Gasteiger partial charge is 0.599 e. The third-order valence-electron chi connectivity index (χ3n) is 4.94. The first-order valence-electron chi connectivity index (χ1n) is 10.4. The van der Waals surface area contributed by atoms with E-state index in [1.807, 2.05) is 0 Å². The predicted molar refractivity (Wildman–Crippen MR) is 99.3 cm³/mol. The van der Waals surface area contributed by atoms with Gasteiger partial charge in [-0.2, -0.15) is 0 Å². The van der Waals surface area contributed by atoms with Crippen LogP contribution in [0.15, 0.2) is 11.5 Å². The molecule has 0 saturated carbocycles. The van der Waals surface area contributed by atoms with E-state index in [2.05, 4.69) is 11.7 Å². The van der Waals surface area contributed by atoms with Crippen molar-refractivity contribution in [2.75, 3.05) is 6.61 Å². The summed E-state index contributed by atoms with van der Waals surface area (Å²) in [4.78, 5) is 23.7. The van der Waals surface area contributed by atoms with Crippen LogP contribution in [-0.2, 0) is 14.3 Å². The molecule has 0 saturated heterocycles. The molecule has 1 aliphatic rings. The van der Waals surface area contributed by atoms with Crippen molar-refractivity contribution in [3.63, 3.8) is 0 Å². The van der Waals surface area contributed by atoms with Gasteiger partial charge in [0.25, 0.3) is 0 Å². The summed E-state index contributed by atoms with van der Waals surface area (Å²) in [7, 11) is 0. The fourth-order valence-corrected chi connectivity index (χ4v) is 3.30. The van der Waals surface area contributed by atoms with Gasteiger partial charge < -0.3 is 14.9 Å². The molecule has 0 fully saturated rings. The molecule has 1 N–H and O–H groups in total. The average molecular weight is 390 g/mol. The summed E-state index contributed by atoms with van der Waals surface area (Å²) < 4.78 is 4.68. The van der Waals surface area contributed by atoms with Crippen LogP contribution in [0.25, 0.3) is 0 Å². The van der Waals surface area contributed by atoms with Crippen molar-refractivity contribution < 1.29 is 54.1 Å². The standard InChI is InChI=1S/C21H36O5.Na/c1-2-3-4-5-6-7-8-9-10-11-12-13-14-15-17(23)19-20(24)18(16-22)26-21(19)25;/h18,22,25H,2-16H2,1H3;/q;+1/p-1. The zero-order valence-electron chi connectivity index (χ0n) is 17.3. The van der Waals surface area contributed by atoms with Crippen molar-refractivity contribution in [3.05, 3.63) is 11.5 Å². The molecule has 1 atom stereocenters. The second kappa shape index (κ2) is 16.6. The van der Waals surface area contributed by atoms with Crippen LogP contribution in [0.5, 0.6) is 0 Å². The summed E-state index contributed by atoms with van der Waals surface area (Å²) in [5, 5.41) is 20.4. The third kappa shape index (κ3) is 10.7. The van der Waals surface area contributed by atoms with Crippen LogP contribution in [-0.4, -0.2) is 29.4 Å². The summed E-state index contributed by atoms with van der Waals surface area (Å²) in [6.07, 6.45) is 14.8. The fraction of sp³-hybridized carbons (Fsp3) is 0.810. The Morgan fingerprint density at radius 2 is 1.37 bits per heavy atom. The summed E-state index contributed by atoms with van der Waals surface area (Å²) in [5.41, 5.74) is -0.386. The Balaban J connectivity index is 0.00000676. The molecular weight excluding hydrogens is 355 g/mol. The van der Waals surface area contributed by atoms with Crippen LogP contribution in [0.4, 0.5) is 0 Å². The number of hydrogen-bond acceptors (Lipinski definition) is 5. The van der Waals surface area contributed by atoms with Gasteiger partial charge in [0.05, 0.1) is 24.2 Å². The molecule has 1 unspecified atom stereocenters. The molecule has 1 aliphatic heterocycles. The second-order valence-corrected chi connectivity index (χ2v) is 7.23. The van der Waals surface area contributed by atoms with Crippen molar-refractivity contribution in [3.8, 4) is 0 Å². The van der Waals surface area contributed by atoms with E-state index in [4.69, 9.17) is 5.11 Å². The molecule has 6 heteroatoms. The Morgan fingerprint density at radius 1 is 0.926 bits per heavy atom. The van der Waals surface area contributed by atoms with Crippen LogP contribution in [0.2, 0.25) is 0 Å². The third-order valence-corrected chi connectivity index (χ3v) is 4.94. The Kier molecular flexibility index (Phi) is 16.4. The number of ketones is 2. The minimum Gasteiger partial charge on any atom is -0.599 e. The van der Waals surface area contributed by atoms with E-state index < -0.39 is 30.2 Å². The summed E-state index contributed by atoms with van der Waals surface area (Å²) in [5.74, 6) is -2.00. The normalized spacial score (nSPS) is 16.4. The molecule has 0 radical (unpaired) electrons. The van der Waals surface area contributed by atoms with Crippen molar-refractivity contribution in [1.29, 1.82) is 0 Å². The van der Waals surface area contributed by atoms with Gasteiger partial charge in [-0.25, -0.2) is 0 Å². The molecule has 0 aromatic rings. The monoisotopic (exact) mass is 390 g/mol. The molecule has 0 amide bonds. The number of aliphatic hydroxyl groups is 1. The maximum Gasteiger partial charge on any atom is 1.00 e. The largest absolute Gasteiger partial charge is 1.00 e. The summed E-state index contributed by atoms with van der Waals surface area (Å²) in [6, 6.07) is 0. The zero-order valence-corrected chi connectivity index (χ0v) is 19.3. The van der Waals surface area contributed by atoms with E-state index in [9.17, 15) is 14.7 Å². The molecule has 150 valence electrons. The number of rotatable bonds is 16. The van der Waals surface area contributed by atoms with Crippen LogP contribution < -0.4 is 34.7 Å². The van der Waals surface area contributed by atoms with Gasteiger partial charge in [0.15, 0.2) is 11.6 Å². The number of unbranched alkanes of at least 4 members (excludes halogenated alkanes) is 12. The summed E-state index contributed by atoms with van der Waals surface area (Å²) >= 11 is 0. The predicted octanol–water partition coefficient (Wildman–Crippen LogP) is 0.573. The van der Waals surface area contributed by atoms with Crippen LogP contribution in [0.3, 0.4) is 0 Å². The molecule has 0 aromatic heterocycles. The first kappa shape index (κ1) is 26.6. The molecular formula is C21H35NaO5. The Morgan fingerprint density at radius 3 is 1.78 bits per heavy atom. The first-order valence-corrected chi connectivity index (χ1v) is 10.4. The number of hydrogen-bond donors (Lipinski definition) is 1. The van der Waals surface area contributed by atoms with Crippen molar-refractivity contribution >= 4 is 11.6 Å². The topological polar surface area (TPSA) is 86.7 Å². The van der Waals surface area contributed by atoms with Gasteiger partial charge in [-0.1, -0.05) is 84.0 Å². The number of carbonyl (C=O) groups is 2. The molecule has 27 heavy (non-hydrogen) atoms. The van der Waals surface area contributed by atoms with Gasteiger partial charge in [0.2, 0.25) is 0 Å². The first-order chi connectivity index (χ1) is 12.6. The average Bonchev–Trinajstić information content (AvgIpc) is 2.92. The van der Waals surface area contributed by atoms with Gasteiger partial charge in [-0.15, -0.1) is 0 Å². The van der Waals surface area contributed by atoms with Crippen LogP contribution >= 0.6 is 0 Å². The molecule has 0 spiro atoms. The van der Waals surface area contributed by atoms with Crippen molar-refractivity contribution in [2.24, 2.45) is 0 Å². The Hall–Kier alpha value is -0.360. The van der Waals surface area contributed by atoms with Gasteiger partial charge in [-0.05, 0) is 6.42 Å². The molecule has 0 aliphatic carbocycles. The van der Waals surface area contributed by atoms with Crippen molar-refractivity contribution in [1.82, 2.24) is 0 Å². The van der Waals surface area contributed by atoms with E-state index in [0.29, 0.717) is 6.42 Å². The van der Waals surface area contributed by atoms with Crippen molar-refractivity contribution in [2.45, 2.75) is 103 Å². The number of aliphatic hydroxyl groups excluding tert-OH is 1. The second-order valence-electron chi connectivity index (χ2n) is 7.23. The fourth-order valence-electron chi connectivity index (χ4n) is 3.30. The van der Waals surface area contributed by atoms with Gasteiger partial charge >= 0.3 is 29.6 Å². The van der Waals surface area contributed by atoms with E-state index in [-0.39, 0.29) is 41.6 Å². The quantitative estimate of drug-likeness (QED) is 0.237. The molecule has 1 heterocycles. The maximum atomic E-state index is 12.0. The summed E-state index contributed by atoms with van der Waals surface area (Å²) in [6.45, 7) is 1.67.